The summed E-state index contributed by atoms with van der Waals surface area (Å²) in [6, 6.07) is 3.14. The Kier molecular flexibility index (Phi) is 7.54. The minimum Gasteiger partial charge on any atom is -0.481 e. The maximum absolute atomic E-state index is 13.0. The minimum atomic E-state index is -0.441. The summed E-state index contributed by atoms with van der Waals surface area (Å²) in [5.74, 6) is 0.337. The number of methoxy groups -OCH3 is 1. The number of hydrogen-bond donors (Lipinski definition) is 0. The Morgan fingerprint density at radius 2 is 2.07 bits per heavy atom. The van der Waals surface area contributed by atoms with Crippen LogP contribution in [-0.2, 0) is 19.1 Å². The number of β-lactam (4-membered cyclic amide) rings is 1. The Morgan fingerprint density at radius 3 is 2.61 bits per heavy atom. The quantitative estimate of drug-likeness (QED) is 0.328. The molecule has 0 aliphatic carbocycles. The first-order valence-electron chi connectivity index (χ1n) is 9.76. The first-order chi connectivity index (χ1) is 13.3. The van der Waals surface area contributed by atoms with E-state index in [1.165, 1.54) is 7.11 Å². The number of ether oxygens (including phenoxy) is 2. The van der Waals surface area contributed by atoms with E-state index in [9.17, 15) is 14.4 Å². The number of rotatable bonds is 11. The number of ketones is 1. The summed E-state index contributed by atoms with van der Waals surface area (Å²) in [4.78, 5) is 42.1. The van der Waals surface area contributed by atoms with E-state index in [1.807, 2.05) is 13.0 Å². The molecule has 2 unspecified atom stereocenters. The van der Waals surface area contributed by atoms with Crippen molar-refractivity contribution in [2.75, 3.05) is 20.3 Å². The third-order valence-electron chi connectivity index (χ3n) is 5.20. The molecule has 0 spiro atoms. The van der Waals surface area contributed by atoms with Crippen LogP contribution in [0.1, 0.15) is 64.5 Å². The maximum Gasteiger partial charge on any atom is 0.308 e. The van der Waals surface area contributed by atoms with Gasteiger partial charge in [0.1, 0.15) is 5.78 Å². The SMILES string of the molecule is CCOC(=O)CC(c1ccc(OC)nc1)N1CC(C)(CCCCC(C)=O)C1=O. The smallest absolute Gasteiger partial charge is 0.308 e. The van der Waals surface area contributed by atoms with E-state index in [1.54, 1.807) is 31.0 Å². The Bertz CT molecular complexity index is 703. The van der Waals surface area contributed by atoms with Gasteiger partial charge in [-0.2, -0.15) is 0 Å². The zero-order chi connectivity index (χ0) is 20.7. The molecular formula is C21H30N2O5. The molecule has 1 aliphatic heterocycles. The molecule has 1 amide bonds. The van der Waals surface area contributed by atoms with Crippen molar-refractivity contribution in [3.8, 4) is 5.88 Å². The highest BCUT2D eigenvalue weighted by Crippen LogP contribution is 2.43. The molecule has 0 aromatic carbocycles. The van der Waals surface area contributed by atoms with Gasteiger partial charge in [0.15, 0.2) is 0 Å². The van der Waals surface area contributed by atoms with Crippen LogP contribution < -0.4 is 4.74 Å². The van der Waals surface area contributed by atoms with Gasteiger partial charge in [0, 0.05) is 25.2 Å². The highest BCUT2D eigenvalue weighted by molar-refractivity contribution is 5.89. The van der Waals surface area contributed by atoms with Gasteiger partial charge in [0.2, 0.25) is 11.8 Å². The van der Waals surface area contributed by atoms with Crippen molar-refractivity contribution in [3.63, 3.8) is 0 Å². The van der Waals surface area contributed by atoms with Gasteiger partial charge in [0.25, 0.3) is 0 Å². The fourth-order valence-electron chi connectivity index (χ4n) is 3.59. The van der Waals surface area contributed by atoms with Crippen molar-refractivity contribution >= 4 is 17.7 Å². The summed E-state index contributed by atoms with van der Waals surface area (Å²) in [5, 5.41) is 0. The number of carbonyl (C=O) groups excluding carboxylic acids is 3. The summed E-state index contributed by atoms with van der Waals surface area (Å²) in [6.07, 6.45) is 4.65. The number of hydrogen-bond acceptors (Lipinski definition) is 6. The lowest BCUT2D eigenvalue weighted by Gasteiger charge is -2.50. The molecule has 154 valence electrons. The van der Waals surface area contributed by atoms with Crippen molar-refractivity contribution in [3.05, 3.63) is 23.9 Å². The van der Waals surface area contributed by atoms with Crippen molar-refractivity contribution in [2.45, 2.75) is 58.9 Å². The van der Waals surface area contributed by atoms with Crippen molar-refractivity contribution < 1.29 is 23.9 Å². The average Bonchev–Trinajstić information content (AvgIpc) is 2.68. The monoisotopic (exact) mass is 390 g/mol. The van der Waals surface area contributed by atoms with Gasteiger partial charge in [-0.15, -0.1) is 0 Å². The van der Waals surface area contributed by atoms with E-state index in [0.717, 1.165) is 24.8 Å². The third kappa shape index (κ3) is 5.30. The number of aromatic nitrogens is 1. The van der Waals surface area contributed by atoms with Gasteiger partial charge in [-0.1, -0.05) is 12.5 Å². The zero-order valence-electron chi connectivity index (χ0n) is 17.2. The molecule has 0 saturated carbocycles. The van der Waals surface area contributed by atoms with Crippen LogP contribution in [0.3, 0.4) is 0 Å². The number of Topliss-reactive ketones (excluding diaryl/α,β-unsaturated/α-hetero) is 1. The summed E-state index contributed by atoms with van der Waals surface area (Å²) in [7, 11) is 1.54. The predicted molar refractivity (Wildman–Crippen MR) is 104 cm³/mol. The van der Waals surface area contributed by atoms with Crippen LogP contribution >= 0.6 is 0 Å². The zero-order valence-corrected chi connectivity index (χ0v) is 17.2. The van der Waals surface area contributed by atoms with E-state index in [0.29, 0.717) is 25.5 Å². The molecule has 7 heteroatoms. The first-order valence-corrected chi connectivity index (χ1v) is 9.76. The van der Waals surface area contributed by atoms with Crippen LogP contribution in [0.15, 0.2) is 18.3 Å². The molecule has 7 nitrogen and oxygen atoms in total. The molecule has 1 aromatic rings. The normalized spacial score (nSPS) is 19.7. The molecular weight excluding hydrogens is 360 g/mol. The second-order valence-electron chi connectivity index (χ2n) is 7.56. The summed E-state index contributed by atoms with van der Waals surface area (Å²) >= 11 is 0. The van der Waals surface area contributed by atoms with Gasteiger partial charge in [-0.3, -0.25) is 9.59 Å². The van der Waals surface area contributed by atoms with E-state index < -0.39 is 11.5 Å². The molecule has 2 heterocycles. The summed E-state index contributed by atoms with van der Waals surface area (Å²) in [6.45, 7) is 6.17. The highest BCUT2D eigenvalue weighted by Gasteiger charge is 2.50. The Balaban J connectivity index is 2.07. The topological polar surface area (TPSA) is 85.8 Å². The number of esters is 1. The number of pyridine rings is 1. The minimum absolute atomic E-state index is 0.0282. The lowest BCUT2D eigenvalue weighted by molar-refractivity contribution is -0.166. The van der Waals surface area contributed by atoms with Crippen LogP contribution in [0.2, 0.25) is 0 Å². The van der Waals surface area contributed by atoms with Crippen LogP contribution in [0.25, 0.3) is 0 Å². The second-order valence-corrected chi connectivity index (χ2v) is 7.56. The molecule has 1 aliphatic rings. The summed E-state index contributed by atoms with van der Waals surface area (Å²) < 4.78 is 10.2. The number of nitrogens with zero attached hydrogens (tertiary/aromatic N) is 2. The number of unbranched alkanes of at least 4 members (excludes halogenated alkanes) is 1. The lowest BCUT2D eigenvalue weighted by Crippen LogP contribution is -2.61. The van der Waals surface area contributed by atoms with Gasteiger partial charge in [-0.25, -0.2) is 4.98 Å². The van der Waals surface area contributed by atoms with Crippen LogP contribution in [0.5, 0.6) is 5.88 Å². The highest BCUT2D eigenvalue weighted by atomic mass is 16.5. The standard InChI is InChI=1S/C21H30N2O5/c1-5-28-19(25)12-17(16-9-10-18(27-4)22-13-16)23-14-21(3,20(23)26)11-7-6-8-15(2)24/h9-10,13,17H,5-8,11-12,14H2,1-4H3. The molecule has 2 rings (SSSR count). The van der Waals surface area contributed by atoms with E-state index >= 15 is 0 Å². The number of carbonyl (C=O) groups is 3. The Morgan fingerprint density at radius 1 is 1.32 bits per heavy atom. The molecule has 1 aromatic heterocycles. The van der Waals surface area contributed by atoms with Crippen LogP contribution in [0.4, 0.5) is 0 Å². The molecule has 0 bridgehead atoms. The average molecular weight is 390 g/mol. The lowest BCUT2D eigenvalue weighted by atomic mass is 9.74. The fourth-order valence-corrected chi connectivity index (χ4v) is 3.59. The van der Waals surface area contributed by atoms with E-state index in [4.69, 9.17) is 9.47 Å². The Hall–Kier alpha value is -2.44. The molecule has 0 N–H and O–H groups in total. The van der Waals surface area contributed by atoms with Crippen LogP contribution in [0, 0.1) is 5.41 Å². The van der Waals surface area contributed by atoms with E-state index in [-0.39, 0.29) is 24.1 Å². The van der Waals surface area contributed by atoms with Crippen molar-refractivity contribution in [1.82, 2.24) is 9.88 Å². The van der Waals surface area contributed by atoms with E-state index in [2.05, 4.69) is 4.98 Å². The molecule has 0 radical (unpaired) electrons. The van der Waals surface area contributed by atoms with Gasteiger partial charge < -0.3 is 19.2 Å². The van der Waals surface area contributed by atoms with Crippen molar-refractivity contribution in [1.29, 1.82) is 0 Å². The largest absolute Gasteiger partial charge is 0.481 e. The van der Waals surface area contributed by atoms with Gasteiger partial charge in [0.05, 0.1) is 31.6 Å². The summed E-state index contributed by atoms with van der Waals surface area (Å²) in [5.41, 5.74) is 0.338. The number of amides is 1. The Labute approximate surface area is 166 Å². The second kappa shape index (κ2) is 9.66. The van der Waals surface area contributed by atoms with Crippen molar-refractivity contribution in [2.24, 2.45) is 5.41 Å². The maximum atomic E-state index is 13.0. The molecule has 1 fully saturated rings. The van der Waals surface area contributed by atoms with Gasteiger partial charge >= 0.3 is 5.97 Å². The third-order valence-corrected chi connectivity index (χ3v) is 5.20. The first kappa shape index (κ1) is 21.9. The fraction of sp³-hybridized carbons (Fsp3) is 0.619. The molecule has 2 atom stereocenters. The molecule has 1 saturated heterocycles. The van der Waals surface area contributed by atoms with Crippen LogP contribution in [-0.4, -0.2) is 47.8 Å². The molecule has 28 heavy (non-hydrogen) atoms. The number of likely N-dealkylation sites (tertiary alicyclic amines) is 1. The predicted octanol–water partition coefficient (Wildman–Crippen LogP) is 3.08. The van der Waals surface area contributed by atoms with Gasteiger partial charge in [-0.05, 0) is 39.2 Å².